The Labute approximate surface area is 166 Å². The van der Waals surface area contributed by atoms with Gasteiger partial charge in [0.05, 0.1) is 28.6 Å². The first-order valence-corrected chi connectivity index (χ1v) is 9.93. The molecule has 1 amide bonds. The summed E-state index contributed by atoms with van der Waals surface area (Å²) in [5.41, 5.74) is 4.31. The number of nitrogens with zero attached hydrogens (tertiary/aromatic N) is 3. The number of carbonyl (C=O) groups is 1. The van der Waals surface area contributed by atoms with Crippen molar-refractivity contribution in [3.05, 3.63) is 58.1 Å². The van der Waals surface area contributed by atoms with Gasteiger partial charge < -0.3 is 9.32 Å². The molecule has 1 aliphatic rings. The van der Waals surface area contributed by atoms with Crippen molar-refractivity contribution in [2.45, 2.75) is 32.3 Å². The maximum absolute atomic E-state index is 12.6. The van der Waals surface area contributed by atoms with E-state index in [-0.39, 0.29) is 5.91 Å². The molecule has 3 aromatic rings. The van der Waals surface area contributed by atoms with E-state index in [0.29, 0.717) is 29.0 Å². The molecule has 0 saturated carbocycles. The predicted molar refractivity (Wildman–Crippen MR) is 107 cm³/mol. The van der Waals surface area contributed by atoms with Crippen LogP contribution < -0.4 is 4.90 Å². The van der Waals surface area contributed by atoms with Crippen molar-refractivity contribution in [3.8, 4) is 11.5 Å². The van der Waals surface area contributed by atoms with Gasteiger partial charge >= 0.3 is 0 Å². The van der Waals surface area contributed by atoms with Crippen molar-refractivity contribution in [2.75, 3.05) is 10.7 Å². The van der Waals surface area contributed by atoms with E-state index in [1.54, 1.807) is 11.0 Å². The maximum atomic E-state index is 12.6. The van der Waals surface area contributed by atoms with E-state index in [0.717, 1.165) is 33.2 Å². The van der Waals surface area contributed by atoms with Crippen molar-refractivity contribution < 1.29 is 9.21 Å². The third-order valence-corrected chi connectivity index (χ3v) is 5.77. The number of aromatic nitrogens is 2. The quantitative estimate of drug-likeness (QED) is 0.623. The highest BCUT2D eigenvalue weighted by atomic mass is 35.5. The van der Waals surface area contributed by atoms with E-state index >= 15 is 0 Å². The maximum Gasteiger partial charge on any atom is 0.237 e. The summed E-state index contributed by atoms with van der Waals surface area (Å²) in [7, 11) is 0. The molecule has 5 nitrogen and oxygen atoms in total. The molecule has 0 aliphatic carbocycles. The number of rotatable bonds is 3. The summed E-state index contributed by atoms with van der Waals surface area (Å²) < 4.78 is 5.84. The van der Waals surface area contributed by atoms with Crippen molar-refractivity contribution >= 4 is 35.0 Å². The normalized spacial score (nSPS) is 13.8. The summed E-state index contributed by atoms with van der Waals surface area (Å²) in [6.45, 7) is 6.17. The van der Waals surface area contributed by atoms with Gasteiger partial charge in [0.2, 0.25) is 11.8 Å². The molecule has 0 radical (unpaired) electrons. The fourth-order valence-corrected chi connectivity index (χ4v) is 4.45. The number of hydrogen-bond acceptors (Lipinski definition) is 5. The summed E-state index contributed by atoms with van der Waals surface area (Å²) in [6, 6.07) is 9.41. The van der Waals surface area contributed by atoms with Gasteiger partial charge in [0.15, 0.2) is 0 Å². The van der Waals surface area contributed by atoms with Crippen LogP contribution in [0.3, 0.4) is 0 Å². The van der Waals surface area contributed by atoms with Gasteiger partial charge in [-0.2, -0.15) is 0 Å². The molecule has 1 aliphatic heterocycles. The van der Waals surface area contributed by atoms with Crippen molar-refractivity contribution in [2.24, 2.45) is 0 Å². The lowest BCUT2D eigenvalue weighted by molar-refractivity contribution is -0.116. The smallest absolute Gasteiger partial charge is 0.237 e. The van der Waals surface area contributed by atoms with E-state index in [4.69, 9.17) is 16.0 Å². The lowest BCUT2D eigenvalue weighted by atomic mass is 10.2. The lowest BCUT2D eigenvalue weighted by Gasteiger charge is -2.29. The molecular formula is C20H18ClN3O2S. The Balaban J connectivity index is 1.72. The topological polar surface area (TPSA) is 59.2 Å². The summed E-state index contributed by atoms with van der Waals surface area (Å²) in [6.07, 6.45) is 0. The minimum absolute atomic E-state index is 0.0444. The molecule has 3 heterocycles. The van der Waals surface area contributed by atoms with E-state index in [9.17, 15) is 4.79 Å². The Hall–Kier alpha value is -2.31. The average Bonchev–Trinajstić information content (AvgIpc) is 2.98. The number of pyridine rings is 1. The Morgan fingerprint density at radius 1 is 1.22 bits per heavy atom. The number of aryl methyl sites for hydroxylation is 3. The molecule has 4 rings (SSSR count). The Kier molecular flexibility index (Phi) is 4.70. The van der Waals surface area contributed by atoms with Crippen molar-refractivity contribution in [1.29, 1.82) is 0 Å². The highest BCUT2D eigenvalue weighted by Gasteiger charge is 2.29. The van der Waals surface area contributed by atoms with E-state index in [2.05, 4.69) is 9.97 Å². The van der Waals surface area contributed by atoms with Crippen LogP contribution in [-0.4, -0.2) is 21.6 Å². The van der Waals surface area contributed by atoms with Gasteiger partial charge in [-0.25, -0.2) is 9.97 Å². The molecule has 138 valence electrons. The van der Waals surface area contributed by atoms with Crippen LogP contribution >= 0.6 is 23.4 Å². The fourth-order valence-electron chi connectivity index (χ4n) is 3.20. The van der Waals surface area contributed by atoms with Gasteiger partial charge in [-0.3, -0.25) is 4.79 Å². The molecule has 0 N–H and O–H groups in total. The van der Waals surface area contributed by atoms with Crippen molar-refractivity contribution in [3.63, 3.8) is 0 Å². The summed E-state index contributed by atoms with van der Waals surface area (Å²) in [4.78, 5) is 23.6. The number of hydrogen-bond donors (Lipinski definition) is 0. The van der Waals surface area contributed by atoms with Crippen LogP contribution in [0.4, 0.5) is 5.69 Å². The zero-order valence-electron chi connectivity index (χ0n) is 15.2. The first-order chi connectivity index (χ1) is 12.9. The molecule has 7 heteroatoms. The number of oxazole rings is 1. The van der Waals surface area contributed by atoms with E-state index in [1.807, 2.05) is 45.0 Å². The second-order valence-electron chi connectivity index (χ2n) is 6.50. The average molecular weight is 400 g/mol. The Morgan fingerprint density at radius 2 is 2.00 bits per heavy atom. The predicted octanol–water partition coefficient (Wildman–Crippen LogP) is 4.95. The van der Waals surface area contributed by atoms with Gasteiger partial charge in [-0.05, 0) is 44.5 Å². The number of benzene rings is 1. The monoisotopic (exact) mass is 399 g/mol. The van der Waals surface area contributed by atoms with Crippen LogP contribution in [0.1, 0.15) is 22.7 Å². The van der Waals surface area contributed by atoms with Crippen LogP contribution in [0, 0.1) is 20.8 Å². The van der Waals surface area contributed by atoms with Crippen molar-refractivity contribution in [1.82, 2.24) is 9.97 Å². The number of halogens is 1. The molecular weight excluding hydrogens is 382 g/mol. The second-order valence-corrected chi connectivity index (χ2v) is 7.88. The fraction of sp³-hybridized carbons (Fsp3) is 0.250. The van der Waals surface area contributed by atoms with Crippen LogP contribution in [0.5, 0.6) is 0 Å². The molecule has 27 heavy (non-hydrogen) atoms. The Bertz CT molecular complexity index is 1050. The van der Waals surface area contributed by atoms with E-state index in [1.165, 1.54) is 11.8 Å². The molecule has 0 fully saturated rings. The first-order valence-electron chi connectivity index (χ1n) is 8.56. The van der Waals surface area contributed by atoms with Crippen LogP contribution in [0.25, 0.3) is 11.5 Å². The minimum atomic E-state index is 0.0444. The largest absolute Gasteiger partial charge is 0.441 e. The van der Waals surface area contributed by atoms with Gasteiger partial charge in [0.25, 0.3) is 0 Å². The SMILES string of the molecule is Cc1cc(C)c2c(n1)SCC(=O)N2Cc1nc(-c2ccccc2Cl)oc1C. The summed E-state index contributed by atoms with van der Waals surface area (Å²) >= 11 is 7.75. The molecule has 2 aromatic heterocycles. The number of anilines is 1. The highest BCUT2D eigenvalue weighted by Crippen LogP contribution is 2.38. The van der Waals surface area contributed by atoms with Gasteiger partial charge in [-0.15, -0.1) is 0 Å². The van der Waals surface area contributed by atoms with Gasteiger partial charge in [0, 0.05) is 5.69 Å². The standard InChI is InChI=1S/C20H18ClN3O2S/c1-11-8-12(2)22-20-18(11)24(17(25)10-27-20)9-16-13(3)26-19(23-16)14-6-4-5-7-15(14)21/h4-8H,9-10H2,1-3H3. The Morgan fingerprint density at radius 3 is 2.78 bits per heavy atom. The zero-order valence-corrected chi connectivity index (χ0v) is 16.8. The van der Waals surface area contributed by atoms with Gasteiger partial charge in [-0.1, -0.05) is 35.5 Å². The second kappa shape index (κ2) is 7.02. The molecule has 1 aromatic carbocycles. The number of fused-ring (bicyclic) bond motifs is 1. The third-order valence-electron chi connectivity index (χ3n) is 4.49. The van der Waals surface area contributed by atoms with Crippen LogP contribution in [0.15, 0.2) is 39.8 Å². The van der Waals surface area contributed by atoms with Gasteiger partial charge in [0.1, 0.15) is 16.5 Å². The molecule has 0 saturated heterocycles. The minimum Gasteiger partial charge on any atom is -0.441 e. The summed E-state index contributed by atoms with van der Waals surface area (Å²) in [5.74, 6) is 1.56. The number of carbonyl (C=O) groups excluding carboxylic acids is 1. The zero-order chi connectivity index (χ0) is 19.1. The molecule has 0 atom stereocenters. The summed E-state index contributed by atoms with van der Waals surface area (Å²) in [5, 5.41) is 1.47. The van der Waals surface area contributed by atoms with Crippen LogP contribution in [0.2, 0.25) is 5.02 Å². The third kappa shape index (κ3) is 3.35. The molecule has 0 bridgehead atoms. The lowest BCUT2D eigenvalue weighted by Crippen LogP contribution is -2.36. The molecule has 0 spiro atoms. The number of thioether (sulfide) groups is 1. The highest BCUT2D eigenvalue weighted by molar-refractivity contribution is 8.00. The number of amides is 1. The first kappa shape index (κ1) is 18.1. The van der Waals surface area contributed by atoms with E-state index < -0.39 is 0 Å². The van der Waals surface area contributed by atoms with Crippen LogP contribution in [-0.2, 0) is 11.3 Å². The molecule has 0 unspecified atom stereocenters.